The average Bonchev–Trinajstić information content (AvgIpc) is 2.82. The average molecular weight is 354 g/mol. The van der Waals surface area contributed by atoms with Crippen LogP contribution in [0.3, 0.4) is 0 Å². The Morgan fingerprint density at radius 3 is 2.26 bits per heavy atom. The number of para-hydroxylation sites is 1. The molecular formula is C25H26N2. The van der Waals surface area contributed by atoms with Gasteiger partial charge in [0.1, 0.15) is 0 Å². The Kier molecular flexibility index (Phi) is 4.43. The fraction of sp³-hybridized carbons (Fsp3) is 0.280. The second kappa shape index (κ2) is 6.77. The molecule has 0 bridgehead atoms. The maximum Gasteiger partial charge on any atom is 0.0974 e. The molecule has 2 nitrogen and oxygen atoms in total. The number of rotatable bonds is 1. The van der Waals surface area contributed by atoms with Gasteiger partial charge in [-0.1, -0.05) is 24.3 Å². The van der Waals surface area contributed by atoms with E-state index >= 15 is 0 Å². The van der Waals surface area contributed by atoms with E-state index in [2.05, 4.69) is 52.8 Å². The molecule has 0 atom stereocenters. The Hall–Kier alpha value is -2.74. The van der Waals surface area contributed by atoms with Crippen LogP contribution in [0.25, 0.3) is 0 Å². The predicted molar refractivity (Wildman–Crippen MR) is 114 cm³/mol. The van der Waals surface area contributed by atoms with Crippen LogP contribution >= 0.6 is 0 Å². The van der Waals surface area contributed by atoms with Gasteiger partial charge in [0.25, 0.3) is 0 Å². The highest BCUT2D eigenvalue weighted by Crippen LogP contribution is 2.34. The van der Waals surface area contributed by atoms with Gasteiger partial charge in [0, 0.05) is 11.8 Å². The van der Waals surface area contributed by atoms with E-state index in [1.54, 1.807) is 0 Å². The summed E-state index contributed by atoms with van der Waals surface area (Å²) >= 11 is 0. The second-order valence-corrected chi connectivity index (χ2v) is 7.67. The fourth-order valence-corrected chi connectivity index (χ4v) is 4.18. The quantitative estimate of drug-likeness (QED) is 0.535. The third-order valence-corrected chi connectivity index (χ3v) is 6.02. The topological polar surface area (TPSA) is 25.2 Å². The molecule has 0 aliphatic heterocycles. The molecule has 27 heavy (non-hydrogen) atoms. The lowest BCUT2D eigenvalue weighted by Crippen LogP contribution is -2.13. The van der Waals surface area contributed by atoms with E-state index in [0.717, 1.165) is 29.9 Å². The van der Waals surface area contributed by atoms with Crippen LogP contribution < -0.4 is 0 Å². The highest BCUT2D eigenvalue weighted by atomic mass is 14.8. The molecule has 2 heteroatoms. The van der Waals surface area contributed by atoms with Crippen molar-refractivity contribution < 1.29 is 0 Å². The number of pyridine rings is 1. The van der Waals surface area contributed by atoms with Crippen LogP contribution in [0.2, 0.25) is 0 Å². The van der Waals surface area contributed by atoms with E-state index in [1.807, 2.05) is 24.4 Å². The molecule has 1 aromatic heterocycles. The summed E-state index contributed by atoms with van der Waals surface area (Å²) in [5.74, 6) is 0. The van der Waals surface area contributed by atoms with Gasteiger partial charge in [-0.15, -0.1) is 0 Å². The van der Waals surface area contributed by atoms with Crippen LogP contribution in [-0.4, -0.2) is 10.7 Å². The molecule has 2 aromatic carbocycles. The molecule has 0 saturated carbocycles. The molecule has 3 aromatic rings. The predicted octanol–water partition coefficient (Wildman–Crippen LogP) is 5.89. The highest BCUT2D eigenvalue weighted by Gasteiger charge is 2.26. The lowest BCUT2D eigenvalue weighted by atomic mass is 9.85. The van der Waals surface area contributed by atoms with Crippen molar-refractivity contribution in [3.05, 3.63) is 92.8 Å². The molecule has 0 N–H and O–H groups in total. The van der Waals surface area contributed by atoms with Gasteiger partial charge in [-0.25, -0.2) is 4.99 Å². The minimum absolute atomic E-state index is 0.976. The van der Waals surface area contributed by atoms with Crippen LogP contribution in [0, 0.1) is 34.6 Å². The molecule has 1 heterocycles. The summed E-state index contributed by atoms with van der Waals surface area (Å²) in [7, 11) is 0. The third-order valence-electron chi connectivity index (χ3n) is 6.02. The van der Waals surface area contributed by atoms with Crippen molar-refractivity contribution in [1.29, 1.82) is 0 Å². The van der Waals surface area contributed by atoms with Crippen molar-refractivity contribution in [2.45, 2.75) is 47.5 Å². The van der Waals surface area contributed by atoms with Gasteiger partial charge < -0.3 is 0 Å². The number of aryl methyl sites for hydroxylation is 2. The van der Waals surface area contributed by atoms with E-state index in [1.165, 1.54) is 44.5 Å². The van der Waals surface area contributed by atoms with E-state index in [-0.39, 0.29) is 0 Å². The standard InChI is InChI=1S/C25H26N2/c1-15-13-20-11-12-22-18(4)16(2)17(3)19(5)23(22)25(24(20)26-14-15)27-21-9-7-6-8-10-21/h6-10,13-14H,11-12H2,1-5H3. The zero-order chi connectivity index (χ0) is 19.1. The van der Waals surface area contributed by atoms with Crippen LogP contribution in [0.4, 0.5) is 5.69 Å². The van der Waals surface area contributed by atoms with Crippen molar-refractivity contribution >= 4 is 11.4 Å². The number of aromatic nitrogens is 1. The SMILES string of the molecule is Cc1cnc2c(c1)CCc1c(C)c(C)c(C)c(C)c1C2=Nc1ccccc1. The first kappa shape index (κ1) is 17.7. The van der Waals surface area contributed by atoms with Crippen LogP contribution in [0.15, 0.2) is 47.6 Å². The maximum atomic E-state index is 5.12. The minimum atomic E-state index is 0.976. The Labute approximate surface area is 162 Å². The summed E-state index contributed by atoms with van der Waals surface area (Å²) in [4.78, 5) is 9.96. The van der Waals surface area contributed by atoms with E-state index in [9.17, 15) is 0 Å². The Morgan fingerprint density at radius 2 is 1.52 bits per heavy atom. The van der Waals surface area contributed by atoms with Gasteiger partial charge in [-0.2, -0.15) is 0 Å². The zero-order valence-corrected chi connectivity index (χ0v) is 16.9. The Morgan fingerprint density at radius 1 is 0.815 bits per heavy atom. The maximum absolute atomic E-state index is 5.12. The van der Waals surface area contributed by atoms with Gasteiger partial charge in [0.15, 0.2) is 0 Å². The summed E-state index contributed by atoms with van der Waals surface area (Å²) in [6.07, 6.45) is 4.01. The van der Waals surface area contributed by atoms with Crippen LogP contribution in [-0.2, 0) is 12.8 Å². The van der Waals surface area contributed by atoms with Crippen molar-refractivity contribution in [2.75, 3.05) is 0 Å². The van der Waals surface area contributed by atoms with Crippen molar-refractivity contribution in [2.24, 2.45) is 4.99 Å². The molecular weight excluding hydrogens is 328 g/mol. The molecule has 0 unspecified atom stereocenters. The third kappa shape index (κ3) is 2.99. The molecule has 4 rings (SSSR count). The van der Waals surface area contributed by atoms with E-state index in [0.29, 0.717) is 0 Å². The first-order valence-electron chi connectivity index (χ1n) is 9.66. The van der Waals surface area contributed by atoms with Gasteiger partial charge in [-0.3, -0.25) is 4.98 Å². The summed E-state index contributed by atoms with van der Waals surface area (Å²) in [5, 5.41) is 0. The number of aliphatic imine (C=N–C) groups is 1. The van der Waals surface area contributed by atoms with Gasteiger partial charge >= 0.3 is 0 Å². The van der Waals surface area contributed by atoms with Crippen molar-refractivity contribution in [1.82, 2.24) is 4.98 Å². The molecule has 1 aliphatic rings. The summed E-state index contributed by atoms with van der Waals surface area (Å²) in [6.45, 7) is 11.1. The van der Waals surface area contributed by atoms with Crippen molar-refractivity contribution in [3.8, 4) is 0 Å². The lowest BCUT2D eigenvalue weighted by molar-refractivity contribution is 0.934. The number of fused-ring (bicyclic) bond motifs is 2. The highest BCUT2D eigenvalue weighted by molar-refractivity contribution is 6.16. The smallest absolute Gasteiger partial charge is 0.0974 e. The normalized spacial score (nSPS) is 14.6. The van der Waals surface area contributed by atoms with Gasteiger partial charge in [-0.05, 0) is 98.5 Å². The van der Waals surface area contributed by atoms with Crippen LogP contribution in [0.5, 0.6) is 0 Å². The second-order valence-electron chi connectivity index (χ2n) is 7.67. The largest absolute Gasteiger partial charge is 0.254 e. The number of benzene rings is 2. The number of nitrogens with zero attached hydrogens (tertiary/aromatic N) is 2. The molecule has 0 amide bonds. The molecule has 136 valence electrons. The molecule has 0 radical (unpaired) electrons. The Bertz CT molecular complexity index is 1060. The summed E-state index contributed by atoms with van der Waals surface area (Å²) in [6, 6.07) is 12.5. The van der Waals surface area contributed by atoms with Gasteiger partial charge in [0.05, 0.1) is 17.1 Å². The summed E-state index contributed by atoms with van der Waals surface area (Å²) in [5.41, 5.74) is 13.8. The minimum Gasteiger partial charge on any atom is -0.254 e. The fourth-order valence-electron chi connectivity index (χ4n) is 4.18. The van der Waals surface area contributed by atoms with E-state index in [4.69, 9.17) is 9.98 Å². The van der Waals surface area contributed by atoms with Crippen molar-refractivity contribution in [3.63, 3.8) is 0 Å². The van der Waals surface area contributed by atoms with Crippen LogP contribution in [0.1, 0.15) is 50.2 Å². The van der Waals surface area contributed by atoms with E-state index < -0.39 is 0 Å². The number of hydrogen-bond acceptors (Lipinski definition) is 2. The first-order valence-corrected chi connectivity index (χ1v) is 9.66. The van der Waals surface area contributed by atoms with Gasteiger partial charge in [0.2, 0.25) is 0 Å². The summed E-state index contributed by atoms with van der Waals surface area (Å²) < 4.78 is 0. The molecule has 1 aliphatic carbocycles. The molecule has 0 fully saturated rings. The zero-order valence-electron chi connectivity index (χ0n) is 16.9. The lowest BCUT2D eigenvalue weighted by Gasteiger charge is -2.20. The molecule has 0 spiro atoms. The monoisotopic (exact) mass is 354 g/mol. The first-order chi connectivity index (χ1) is 13.0. The Balaban J connectivity index is 2.09. The number of hydrogen-bond donors (Lipinski definition) is 0. The molecule has 0 saturated heterocycles.